The van der Waals surface area contributed by atoms with Gasteiger partial charge in [-0.15, -0.1) is 0 Å². The van der Waals surface area contributed by atoms with Crippen molar-refractivity contribution in [2.45, 2.75) is 39.8 Å². The number of hydrogen-bond acceptors (Lipinski definition) is 5. The number of likely N-dealkylation sites (N-methyl/N-ethyl adjacent to an activating group) is 1. The highest BCUT2D eigenvalue weighted by atomic mass is 16.5. The number of pyridine rings is 1. The zero-order valence-electron chi connectivity index (χ0n) is 13.3. The van der Waals surface area contributed by atoms with Gasteiger partial charge in [0.2, 0.25) is 0 Å². The molecule has 1 atom stereocenters. The summed E-state index contributed by atoms with van der Waals surface area (Å²) in [5.41, 5.74) is 2.69. The van der Waals surface area contributed by atoms with Gasteiger partial charge in [-0.3, -0.25) is 9.78 Å². The van der Waals surface area contributed by atoms with Crippen LogP contribution < -0.4 is 0 Å². The molecule has 2 heterocycles. The van der Waals surface area contributed by atoms with E-state index in [1.807, 2.05) is 26.0 Å². The lowest BCUT2D eigenvalue weighted by Gasteiger charge is -2.24. The van der Waals surface area contributed by atoms with Crippen LogP contribution in [-0.4, -0.2) is 39.1 Å². The van der Waals surface area contributed by atoms with Crippen LogP contribution in [0.5, 0.6) is 0 Å². The molecule has 6 nitrogen and oxygen atoms in total. The van der Waals surface area contributed by atoms with Crippen LogP contribution in [0.4, 0.5) is 0 Å². The number of hydrogen-bond donors (Lipinski definition) is 1. The number of aryl methyl sites for hydroxylation is 2. The van der Waals surface area contributed by atoms with Gasteiger partial charge in [0.15, 0.2) is 5.69 Å². The van der Waals surface area contributed by atoms with Crippen LogP contribution in [-0.2, 0) is 13.0 Å². The van der Waals surface area contributed by atoms with E-state index in [9.17, 15) is 9.90 Å². The average molecular weight is 303 g/mol. The van der Waals surface area contributed by atoms with Gasteiger partial charge in [0.25, 0.3) is 5.91 Å². The van der Waals surface area contributed by atoms with Crippen LogP contribution in [0.25, 0.3) is 0 Å². The average Bonchev–Trinajstić information content (AvgIpc) is 2.86. The van der Waals surface area contributed by atoms with E-state index >= 15 is 0 Å². The van der Waals surface area contributed by atoms with Crippen LogP contribution in [0.1, 0.15) is 40.0 Å². The fourth-order valence-corrected chi connectivity index (χ4v) is 2.26. The van der Waals surface area contributed by atoms with Gasteiger partial charge in [-0.25, -0.2) is 0 Å². The third-order valence-corrected chi connectivity index (χ3v) is 3.80. The van der Waals surface area contributed by atoms with Crippen LogP contribution in [0.2, 0.25) is 0 Å². The number of nitrogens with zero attached hydrogens (tertiary/aromatic N) is 3. The summed E-state index contributed by atoms with van der Waals surface area (Å²) in [6.45, 7) is 5.37. The second kappa shape index (κ2) is 6.70. The number of rotatable bonds is 5. The van der Waals surface area contributed by atoms with Crippen LogP contribution in [0.15, 0.2) is 22.9 Å². The van der Waals surface area contributed by atoms with Crippen molar-refractivity contribution in [2.24, 2.45) is 0 Å². The molecular formula is C16H21N3O3. The van der Waals surface area contributed by atoms with Gasteiger partial charge >= 0.3 is 0 Å². The Morgan fingerprint density at radius 2 is 2.18 bits per heavy atom. The largest absolute Gasteiger partial charge is 0.391 e. The smallest absolute Gasteiger partial charge is 0.276 e. The van der Waals surface area contributed by atoms with Gasteiger partial charge in [-0.2, -0.15) is 0 Å². The molecule has 0 spiro atoms. The molecule has 1 unspecified atom stereocenters. The van der Waals surface area contributed by atoms with Gasteiger partial charge in [0.05, 0.1) is 12.2 Å². The summed E-state index contributed by atoms with van der Waals surface area (Å²) in [6.07, 6.45) is 2.42. The molecule has 0 aromatic carbocycles. The minimum absolute atomic E-state index is 0.0506. The van der Waals surface area contributed by atoms with Crippen molar-refractivity contribution < 1.29 is 14.4 Å². The first-order chi connectivity index (χ1) is 10.4. The van der Waals surface area contributed by atoms with Crippen molar-refractivity contribution >= 4 is 5.91 Å². The van der Waals surface area contributed by atoms with Crippen molar-refractivity contribution in [1.29, 1.82) is 0 Å². The minimum atomic E-state index is -0.266. The Morgan fingerprint density at radius 3 is 2.82 bits per heavy atom. The molecule has 0 bridgehead atoms. The Labute approximate surface area is 129 Å². The lowest BCUT2D eigenvalue weighted by molar-refractivity contribution is 0.0729. The maximum atomic E-state index is 12.5. The van der Waals surface area contributed by atoms with E-state index in [0.717, 1.165) is 11.3 Å². The quantitative estimate of drug-likeness (QED) is 0.912. The lowest BCUT2D eigenvalue weighted by Crippen LogP contribution is -2.37. The predicted molar refractivity (Wildman–Crippen MR) is 81.4 cm³/mol. The van der Waals surface area contributed by atoms with Gasteiger partial charge in [0.1, 0.15) is 5.76 Å². The van der Waals surface area contributed by atoms with Gasteiger partial charge in [0, 0.05) is 31.4 Å². The minimum Gasteiger partial charge on any atom is -0.391 e. The molecule has 0 aliphatic rings. The topological polar surface area (TPSA) is 79.5 Å². The molecule has 22 heavy (non-hydrogen) atoms. The number of aliphatic hydroxyl groups is 1. The van der Waals surface area contributed by atoms with E-state index in [-0.39, 0.29) is 24.2 Å². The highest BCUT2D eigenvalue weighted by molar-refractivity contribution is 5.93. The first-order valence-electron chi connectivity index (χ1n) is 7.18. The third-order valence-electron chi connectivity index (χ3n) is 3.80. The molecule has 0 saturated carbocycles. The number of carbonyl (C=O) groups excluding carboxylic acids is 1. The molecule has 1 amide bonds. The van der Waals surface area contributed by atoms with Crippen molar-refractivity contribution in [3.8, 4) is 0 Å². The normalized spacial score (nSPS) is 12.2. The first kappa shape index (κ1) is 16.2. The maximum absolute atomic E-state index is 12.5. The predicted octanol–water partition coefficient (Wildman–Crippen LogP) is 1.88. The van der Waals surface area contributed by atoms with E-state index in [1.54, 1.807) is 25.1 Å². The fourth-order valence-electron chi connectivity index (χ4n) is 2.26. The molecule has 0 radical (unpaired) electrons. The Kier molecular flexibility index (Phi) is 4.92. The van der Waals surface area contributed by atoms with Crippen LogP contribution in [0.3, 0.4) is 0 Å². The SMILES string of the molecule is Cc1ccnc(CC(C)N(C)C(=O)c2noc(C)c2CO)c1. The summed E-state index contributed by atoms with van der Waals surface area (Å²) < 4.78 is 5.00. The number of aromatic nitrogens is 2. The number of amides is 1. The van der Waals surface area contributed by atoms with E-state index < -0.39 is 0 Å². The molecular weight excluding hydrogens is 282 g/mol. The molecule has 0 saturated heterocycles. The highest BCUT2D eigenvalue weighted by Crippen LogP contribution is 2.17. The van der Waals surface area contributed by atoms with Crippen LogP contribution in [0, 0.1) is 13.8 Å². The van der Waals surface area contributed by atoms with E-state index in [1.165, 1.54) is 0 Å². The Balaban J connectivity index is 2.12. The standard InChI is InChI=1S/C16H21N3O3/c1-10-5-6-17-13(7-10)8-11(2)19(4)16(21)15-14(9-20)12(3)22-18-15/h5-7,11,20H,8-9H2,1-4H3. The van der Waals surface area contributed by atoms with E-state index in [4.69, 9.17) is 4.52 Å². The van der Waals surface area contributed by atoms with Crippen molar-refractivity contribution in [3.63, 3.8) is 0 Å². The van der Waals surface area contributed by atoms with Gasteiger partial charge in [-0.05, 0) is 38.5 Å². The zero-order chi connectivity index (χ0) is 16.3. The number of carbonyl (C=O) groups is 1. The second-order valence-corrected chi connectivity index (χ2v) is 5.52. The van der Waals surface area contributed by atoms with Crippen molar-refractivity contribution in [2.75, 3.05) is 7.05 Å². The molecule has 1 N–H and O–H groups in total. The maximum Gasteiger partial charge on any atom is 0.276 e. The fraction of sp³-hybridized carbons (Fsp3) is 0.438. The molecule has 0 aliphatic heterocycles. The first-order valence-corrected chi connectivity index (χ1v) is 7.18. The van der Waals surface area contributed by atoms with Crippen LogP contribution >= 0.6 is 0 Å². The van der Waals surface area contributed by atoms with E-state index in [0.29, 0.717) is 17.7 Å². The summed E-state index contributed by atoms with van der Waals surface area (Å²) in [7, 11) is 1.72. The summed E-state index contributed by atoms with van der Waals surface area (Å²) in [4.78, 5) is 18.4. The molecule has 2 aromatic rings. The zero-order valence-corrected chi connectivity index (χ0v) is 13.3. The Hall–Kier alpha value is -2.21. The molecule has 0 fully saturated rings. The van der Waals surface area contributed by atoms with Gasteiger partial charge in [-0.1, -0.05) is 5.16 Å². The summed E-state index contributed by atoms with van der Waals surface area (Å²) in [5.74, 6) is 0.202. The molecule has 0 aliphatic carbocycles. The lowest BCUT2D eigenvalue weighted by atomic mass is 10.1. The molecule has 2 aromatic heterocycles. The summed E-state index contributed by atoms with van der Waals surface area (Å²) >= 11 is 0. The number of aliphatic hydroxyl groups excluding tert-OH is 1. The molecule has 6 heteroatoms. The second-order valence-electron chi connectivity index (χ2n) is 5.52. The molecule has 118 valence electrons. The molecule has 2 rings (SSSR count). The Morgan fingerprint density at radius 1 is 1.45 bits per heavy atom. The highest BCUT2D eigenvalue weighted by Gasteiger charge is 2.25. The van der Waals surface area contributed by atoms with E-state index in [2.05, 4.69) is 10.1 Å². The summed E-state index contributed by atoms with van der Waals surface area (Å²) in [5, 5.41) is 13.1. The Bertz CT molecular complexity index is 666. The third kappa shape index (κ3) is 3.33. The monoisotopic (exact) mass is 303 g/mol. The van der Waals surface area contributed by atoms with Gasteiger partial charge < -0.3 is 14.5 Å². The summed E-state index contributed by atoms with van der Waals surface area (Å²) in [6, 6.07) is 3.90. The van der Waals surface area contributed by atoms with Crippen molar-refractivity contribution in [1.82, 2.24) is 15.0 Å². The van der Waals surface area contributed by atoms with Crippen molar-refractivity contribution in [3.05, 3.63) is 46.6 Å².